The third-order valence-electron chi connectivity index (χ3n) is 2.55. The maximum absolute atomic E-state index is 11.6. The monoisotopic (exact) mass is 358 g/mol. The molecule has 0 saturated heterocycles. The van der Waals surface area contributed by atoms with Gasteiger partial charge in [-0.1, -0.05) is 24.0 Å². The van der Waals surface area contributed by atoms with Crippen molar-refractivity contribution in [3.05, 3.63) is 9.41 Å². The van der Waals surface area contributed by atoms with Crippen LogP contribution in [0.1, 0.15) is 33.6 Å². The van der Waals surface area contributed by atoms with E-state index in [1.807, 2.05) is 20.8 Å². The lowest BCUT2D eigenvalue weighted by Crippen LogP contribution is -2.23. The van der Waals surface area contributed by atoms with E-state index in [9.17, 15) is 4.79 Å². The highest BCUT2D eigenvalue weighted by atomic mass is 32.2. The Bertz CT molecular complexity index is 785. The smallest absolute Gasteiger partial charge is 0.306 e. The number of aromatic nitrogens is 4. The van der Waals surface area contributed by atoms with Crippen LogP contribution < -0.4 is 0 Å². The first kappa shape index (κ1) is 17.2. The van der Waals surface area contributed by atoms with Gasteiger partial charge in [0.1, 0.15) is 15.8 Å². The second kappa shape index (κ2) is 6.93. The van der Waals surface area contributed by atoms with E-state index in [2.05, 4.69) is 19.9 Å². The van der Waals surface area contributed by atoms with Gasteiger partial charge in [0.2, 0.25) is 0 Å². The maximum atomic E-state index is 11.6. The molecule has 6 nitrogen and oxygen atoms in total. The van der Waals surface area contributed by atoms with Crippen LogP contribution in [0.15, 0.2) is 5.16 Å². The van der Waals surface area contributed by atoms with E-state index in [4.69, 9.17) is 29.2 Å². The Morgan fingerprint density at radius 3 is 2.68 bits per heavy atom. The largest absolute Gasteiger partial charge is 0.460 e. The molecule has 0 radical (unpaired) electrons. The summed E-state index contributed by atoms with van der Waals surface area (Å²) in [5.74, 6) is 0.584. The third-order valence-corrected chi connectivity index (χ3v) is 4.02. The first-order chi connectivity index (χ1) is 10.2. The molecule has 0 atom stereocenters. The van der Waals surface area contributed by atoms with Gasteiger partial charge < -0.3 is 19.7 Å². The number of H-pyrrole nitrogens is 3. The SMILES string of the molecule is CC(C)(C)OC(=O)CCCSc1nc2[nH]c(=S)[nH]c(=S)c2[nH]1. The number of carbonyl (C=O) groups is 1. The van der Waals surface area contributed by atoms with E-state index in [0.29, 0.717) is 21.5 Å². The highest BCUT2D eigenvalue weighted by Gasteiger charge is 2.15. The summed E-state index contributed by atoms with van der Waals surface area (Å²) in [4.78, 5) is 24.9. The number of imidazole rings is 1. The average molecular weight is 359 g/mol. The van der Waals surface area contributed by atoms with Crippen molar-refractivity contribution < 1.29 is 9.53 Å². The lowest BCUT2D eigenvalue weighted by Gasteiger charge is -2.19. The molecule has 0 spiro atoms. The van der Waals surface area contributed by atoms with Crippen LogP contribution in [0.25, 0.3) is 11.2 Å². The second-order valence-corrected chi connectivity index (χ2v) is 7.61. The Labute approximate surface area is 142 Å². The molecule has 0 fully saturated rings. The van der Waals surface area contributed by atoms with Gasteiger partial charge in [0.15, 0.2) is 15.6 Å². The summed E-state index contributed by atoms with van der Waals surface area (Å²) in [5.41, 5.74) is 0.943. The Morgan fingerprint density at radius 2 is 2.00 bits per heavy atom. The summed E-state index contributed by atoms with van der Waals surface area (Å²) in [6.45, 7) is 5.59. The van der Waals surface area contributed by atoms with Crippen LogP contribution in [0, 0.1) is 9.41 Å². The highest BCUT2D eigenvalue weighted by Crippen LogP contribution is 2.20. The molecule has 3 N–H and O–H groups in total. The molecule has 120 valence electrons. The Hall–Kier alpha value is -1.19. The van der Waals surface area contributed by atoms with Crippen molar-refractivity contribution in [2.24, 2.45) is 0 Å². The molecular weight excluding hydrogens is 340 g/mol. The maximum Gasteiger partial charge on any atom is 0.306 e. The van der Waals surface area contributed by atoms with Gasteiger partial charge in [-0.2, -0.15) is 0 Å². The average Bonchev–Trinajstić information content (AvgIpc) is 2.75. The molecule has 0 aliphatic rings. The molecule has 2 aromatic heterocycles. The standard InChI is InChI=1S/C13H18N4O2S3/c1-13(2,3)19-7(18)5-4-6-22-12-14-8-9(16-12)15-11(21)17-10(8)20/h4-6H2,1-3H3,(H3,14,15,16,17,20,21). The number of hydrogen-bond donors (Lipinski definition) is 3. The van der Waals surface area contributed by atoms with Gasteiger partial charge in [0, 0.05) is 12.2 Å². The van der Waals surface area contributed by atoms with Crippen molar-refractivity contribution in [3.8, 4) is 0 Å². The van der Waals surface area contributed by atoms with Crippen LogP contribution >= 0.6 is 36.2 Å². The molecule has 2 rings (SSSR count). The van der Waals surface area contributed by atoms with Gasteiger partial charge in [-0.15, -0.1) is 0 Å². The number of nitrogens with zero attached hydrogens (tertiary/aromatic N) is 1. The first-order valence-electron chi connectivity index (χ1n) is 6.81. The molecule has 0 aromatic carbocycles. The molecule has 0 aliphatic heterocycles. The fourth-order valence-electron chi connectivity index (χ4n) is 1.76. The molecule has 0 saturated carbocycles. The number of thioether (sulfide) groups is 1. The van der Waals surface area contributed by atoms with Crippen molar-refractivity contribution in [1.29, 1.82) is 0 Å². The quantitative estimate of drug-likeness (QED) is 0.325. The molecule has 0 amide bonds. The zero-order chi connectivity index (χ0) is 16.3. The van der Waals surface area contributed by atoms with Gasteiger partial charge in [0.25, 0.3) is 0 Å². The van der Waals surface area contributed by atoms with E-state index in [1.165, 1.54) is 11.8 Å². The minimum absolute atomic E-state index is 0.177. The van der Waals surface area contributed by atoms with E-state index in [0.717, 1.165) is 22.8 Å². The van der Waals surface area contributed by atoms with Crippen LogP contribution in [0.5, 0.6) is 0 Å². The fourth-order valence-corrected chi connectivity index (χ4v) is 3.08. The Balaban J connectivity index is 1.88. The summed E-state index contributed by atoms with van der Waals surface area (Å²) in [6, 6.07) is 0. The van der Waals surface area contributed by atoms with Crippen LogP contribution in [0.4, 0.5) is 0 Å². The number of nitrogens with one attached hydrogen (secondary N) is 3. The summed E-state index contributed by atoms with van der Waals surface area (Å²) in [7, 11) is 0. The molecular formula is C13H18N4O2S3. The lowest BCUT2D eigenvalue weighted by molar-refractivity contribution is -0.154. The van der Waals surface area contributed by atoms with E-state index < -0.39 is 5.60 Å². The predicted octanol–water partition coefficient (Wildman–Crippen LogP) is 3.89. The predicted molar refractivity (Wildman–Crippen MR) is 92.3 cm³/mol. The molecule has 0 bridgehead atoms. The Morgan fingerprint density at radius 1 is 1.27 bits per heavy atom. The highest BCUT2D eigenvalue weighted by molar-refractivity contribution is 7.99. The van der Waals surface area contributed by atoms with Crippen molar-refractivity contribution in [3.63, 3.8) is 0 Å². The number of carbonyl (C=O) groups excluding carboxylic acids is 1. The van der Waals surface area contributed by atoms with Gasteiger partial charge in [-0.25, -0.2) is 4.98 Å². The summed E-state index contributed by atoms with van der Waals surface area (Å²) in [6.07, 6.45) is 1.12. The van der Waals surface area contributed by atoms with Gasteiger partial charge in [0.05, 0.1) is 0 Å². The topological polar surface area (TPSA) is 86.6 Å². The van der Waals surface area contributed by atoms with Gasteiger partial charge >= 0.3 is 5.97 Å². The van der Waals surface area contributed by atoms with Crippen LogP contribution in [0.2, 0.25) is 0 Å². The molecule has 0 unspecified atom stereocenters. The van der Waals surface area contributed by atoms with Crippen molar-refractivity contribution in [2.45, 2.75) is 44.4 Å². The van der Waals surface area contributed by atoms with Crippen LogP contribution in [-0.2, 0) is 9.53 Å². The number of fused-ring (bicyclic) bond motifs is 1. The third kappa shape index (κ3) is 4.92. The molecule has 9 heteroatoms. The Kier molecular flexibility index (Phi) is 5.41. The first-order valence-corrected chi connectivity index (χ1v) is 8.62. The van der Waals surface area contributed by atoms with Crippen molar-refractivity contribution >= 4 is 53.3 Å². The van der Waals surface area contributed by atoms with E-state index in [-0.39, 0.29) is 5.97 Å². The second-order valence-electron chi connectivity index (χ2n) is 5.71. The summed E-state index contributed by atoms with van der Waals surface area (Å²) >= 11 is 11.7. The van der Waals surface area contributed by atoms with E-state index in [1.54, 1.807) is 0 Å². The molecule has 2 aromatic rings. The van der Waals surface area contributed by atoms with Gasteiger partial charge in [-0.3, -0.25) is 4.79 Å². The zero-order valence-electron chi connectivity index (χ0n) is 12.6. The molecule has 2 heterocycles. The molecule has 22 heavy (non-hydrogen) atoms. The van der Waals surface area contributed by atoms with Crippen molar-refractivity contribution in [2.75, 3.05) is 5.75 Å². The lowest BCUT2D eigenvalue weighted by atomic mass is 10.2. The number of rotatable bonds is 5. The zero-order valence-corrected chi connectivity index (χ0v) is 15.1. The molecule has 0 aliphatic carbocycles. The number of hydrogen-bond acceptors (Lipinski definition) is 6. The number of aromatic amines is 3. The summed E-state index contributed by atoms with van der Waals surface area (Å²) in [5, 5.41) is 0.746. The minimum Gasteiger partial charge on any atom is -0.460 e. The van der Waals surface area contributed by atoms with Crippen LogP contribution in [0.3, 0.4) is 0 Å². The normalized spacial score (nSPS) is 11.8. The number of ether oxygens (including phenoxy) is 1. The fraction of sp³-hybridized carbons (Fsp3) is 0.538. The summed E-state index contributed by atoms with van der Waals surface area (Å²) < 4.78 is 6.24. The van der Waals surface area contributed by atoms with E-state index >= 15 is 0 Å². The van der Waals surface area contributed by atoms with Crippen LogP contribution in [-0.4, -0.2) is 37.3 Å². The van der Waals surface area contributed by atoms with Crippen molar-refractivity contribution in [1.82, 2.24) is 19.9 Å². The van der Waals surface area contributed by atoms with Gasteiger partial charge in [-0.05, 0) is 39.4 Å². The number of esters is 1. The minimum atomic E-state index is -0.433.